The molecule has 4 unspecified atom stereocenters. The summed E-state index contributed by atoms with van der Waals surface area (Å²) in [4.78, 5) is 74.6. The Labute approximate surface area is 590 Å². The maximum absolute atomic E-state index is 13.9. The lowest BCUT2D eigenvalue weighted by Gasteiger charge is -2.17. The van der Waals surface area contributed by atoms with Crippen molar-refractivity contribution in [2.24, 2.45) is 23.7 Å². The minimum absolute atomic E-state index is 0.279. The van der Waals surface area contributed by atoms with Gasteiger partial charge in [0, 0.05) is 44.3 Å². The maximum Gasteiger partial charge on any atom is 0.338 e. The molecule has 0 saturated carbocycles. The molecule has 7 aromatic rings. The highest BCUT2D eigenvalue weighted by atomic mass is 16.5. The van der Waals surface area contributed by atoms with Gasteiger partial charge in [-0.1, -0.05) is 132 Å². The van der Waals surface area contributed by atoms with Crippen molar-refractivity contribution in [2.45, 2.75) is 158 Å². The van der Waals surface area contributed by atoms with E-state index in [1.165, 1.54) is 28.4 Å². The molecule has 530 valence electrons. The van der Waals surface area contributed by atoms with Gasteiger partial charge in [-0.15, -0.1) is 0 Å². The molecular weight excluding hydrogens is 1260 g/mol. The average Bonchev–Trinajstić information content (AvgIpc) is 1.60. The number of nitrogens with zero attached hydrogens (tertiary/aromatic N) is 2. The van der Waals surface area contributed by atoms with Gasteiger partial charge >= 0.3 is 23.9 Å². The van der Waals surface area contributed by atoms with E-state index in [-0.39, 0.29) is 45.9 Å². The molecule has 0 fully saturated rings. The highest BCUT2D eigenvalue weighted by Crippen LogP contribution is 2.43. The number of carbonyl (C=O) groups excluding carboxylic acids is 4. The quantitative estimate of drug-likeness (QED) is 0.0278. The highest BCUT2D eigenvalue weighted by Gasteiger charge is 2.26. The molecule has 4 atom stereocenters. The van der Waals surface area contributed by atoms with Crippen LogP contribution in [0.2, 0.25) is 0 Å². The Morgan fingerprint density at radius 2 is 0.550 bits per heavy atom. The SMILES string of the molecule is CCCCC(CC)COc1cc(C(=O)OC)cc(-c2c3nc(c(-c4cc(OCC(CC)CCCC)cc(C(=O)OC)c4)c4ccc([nH]4)c(-c4cc(OCC(CC)CCCC)cc(C(=O)OC)c4)c4nc(c(-c5cc(OCC(CC)CCCC)cc(C(=O)OC)c5)c5ccc2[nH]5)C=C4)C=C3)c1. The first-order chi connectivity index (χ1) is 48.6. The van der Waals surface area contributed by atoms with E-state index in [0.717, 1.165) is 103 Å². The van der Waals surface area contributed by atoms with Gasteiger partial charge in [-0.3, -0.25) is 0 Å². The fourth-order valence-corrected chi connectivity index (χ4v) is 13.1. The second-order valence-electron chi connectivity index (χ2n) is 26.4. The summed E-state index contributed by atoms with van der Waals surface area (Å²) in [6, 6.07) is 29.8. The summed E-state index contributed by atoms with van der Waals surface area (Å²) in [5.74, 6) is 0.891. The number of carbonyl (C=O) groups is 4. The van der Waals surface area contributed by atoms with E-state index in [0.29, 0.717) is 139 Å². The van der Waals surface area contributed by atoms with Crippen LogP contribution in [0.15, 0.2) is 97.1 Å². The maximum atomic E-state index is 13.9. The second kappa shape index (κ2) is 36.6. The zero-order valence-corrected chi connectivity index (χ0v) is 60.8. The molecular formula is C84H102N4O12. The van der Waals surface area contributed by atoms with Gasteiger partial charge in [-0.05, 0) is 193 Å². The van der Waals surface area contributed by atoms with Crippen molar-refractivity contribution < 1.29 is 57.1 Å². The molecule has 100 heavy (non-hydrogen) atoms. The van der Waals surface area contributed by atoms with Gasteiger partial charge in [0.05, 0.1) is 99.9 Å². The van der Waals surface area contributed by atoms with Crippen LogP contribution in [0, 0.1) is 23.7 Å². The number of benzene rings is 4. The molecule has 0 aliphatic carbocycles. The van der Waals surface area contributed by atoms with Crippen LogP contribution >= 0.6 is 0 Å². The first-order valence-electron chi connectivity index (χ1n) is 36.3. The average molecular weight is 1360 g/mol. The number of hydrogen-bond donors (Lipinski definition) is 2. The van der Waals surface area contributed by atoms with Crippen LogP contribution in [0.1, 0.15) is 222 Å². The molecule has 5 heterocycles. The summed E-state index contributed by atoms with van der Waals surface area (Å²) in [5.41, 5.74) is 10.5. The number of H-pyrrole nitrogens is 2. The van der Waals surface area contributed by atoms with E-state index in [1.54, 1.807) is 48.5 Å². The van der Waals surface area contributed by atoms with Crippen molar-refractivity contribution in [2.75, 3.05) is 54.9 Å². The molecule has 3 aromatic heterocycles. The topological polar surface area (TPSA) is 199 Å². The Morgan fingerprint density at radius 3 is 0.740 bits per heavy atom. The normalized spacial score (nSPS) is 12.9. The Hall–Kier alpha value is -9.44. The number of hydrogen-bond acceptors (Lipinski definition) is 14. The van der Waals surface area contributed by atoms with Crippen molar-refractivity contribution in [1.29, 1.82) is 0 Å². The third-order valence-corrected chi connectivity index (χ3v) is 19.3. The van der Waals surface area contributed by atoms with Gasteiger partial charge in [0.15, 0.2) is 0 Å². The highest BCUT2D eigenvalue weighted by molar-refractivity contribution is 6.03. The number of ether oxygens (including phenoxy) is 8. The van der Waals surface area contributed by atoms with Crippen LogP contribution in [0.3, 0.4) is 0 Å². The number of esters is 4. The Morgan fingerprint density at radius 1 is 0.330 bits per heavy atom. The van der Waals surface area contributed by atoms with Gasteiger partial charge < -0.3 is 47.9 Å². The summed E-state index contributed by atoms with van der Waals surface area (Å²) < 4.78 is 48.6. The molecule has 0 saturated heterocycles. The van der Waals surface area contributed by atoms with Crippen LogP contribution in [-0.4, -0.2) is 98.7 Å². The number of methoxy groups -OCH3 is 4. The molecule has 9 rings (SSSR count). The molecule has 4 aromatic carbocycles. The zero-order valence-electron chi connectivity index (χ0n) is 60.8. The lowest BCUT2D eigenvalue weighted by atomic mass is 9.99. The van der Waals surface area contributed by atoms with Gasteiger partial charge in [-0.25, -0.2) is 29.1 Å². The van der Waals surface area contributed by atoms with Crippen molar-refractivity contribution in [3.63, 3.8) is 0 Å². The van der Waals surface area contributed by atoms with Crippen molar-refractivity contribution in [3.05, 3.63) is 142 Å². The molecule has 16 nitrogen and oxygen atoms in total. The Kier molecular flexibility index (Phi) is 27.4. The van der Waals surface area contributed by atoms with E-state index < -0.39 is 23.9 Å². The fraction of sp³-hybridized carbons (Fsp3) is 0.429. The number of unbranched alkanes of at least 4 members (excludes halogenated alkanes) is 4. The van der Waals surface area contributed by atoms with Crippen LogP contribution in [0.4, 0.5) is 0 Å². The first-order valence-corrected chi connectivity index (χ1v) is 36.3. The van der Waals surface area contributed by atoms with Gasteiger partial charge in [0.2, 0.25) is 0 Å². The van der Waals surface area contributed by atoms with Crippen molar-refractivity contribution in [1.82, 2.24) is 19.9 Å². The number of nitrogens with one attached hydrogen (secondary N) is 2. The third kappa shape index (κ3) is 18.7. The van der Waals surface area contributed by atoms with Gasteiger partial charge in [-0.2, -0.15) is 0 Å². The van der Waals surface area contributed by atoms with Crippen molar-refractivity contribution in [3.8, 4) is 67.5 Å². The summed E-state index contributed by atoms with van der Waals surface area (Å²) in [6.45, 7) is 19.2. The summed E-state index contributed by atoms with van der Waals surface area (Å²) in [7, 11) is 5.46. The van der Waals surface area contributed by atoms with E-state index >= 15 is 0 Å². The Balaban J connectivity index is 1.45. The molecule has 2 aliphatic rings. The lowest BCUT2D eigenvalue weighted by molar-refractivity contribution is 0.0591. The number of aromatic amines is 2. The third-order valence-electron chi connectivity index (χ3n) is 19.3. The number of fused-ring (bicyclic) bond motifs is 8. The zero-order chi connectivity index (χ0) is 71.2. The van der Waals surface area contributed by atoms with Crippen LogP contribution in [0.25, 0.3) is 90.9 Å². The smallest absolute Gasteiger partial charge is 0.338 e. The minimum atomic E-state index is -0.545. The van der Waals surface area contributed by atoms with Crippen LogP contribution in [0.5, 0.6) is 23.0 Å². The molecule has 0 radical (unpaired) electrons. The van der Waals surface area contributed by atoms with Gasteiger partial charge in [0.1, 0.15) is 23.0 Å². The van der Waals surface area contributed by atoms with Crippen LogP contribution in [-0.2, 0) is 18.9 Å². The predicted molar refractivity (Wildman–Crippen MR) is 401 cm³/mol. The van der Waals surface area contributed by atoms with E-state index in [1.807, 2.05) is 72.8 Å². The van der Waals surface area contributed by atoms with E-state index in [2.05, 4.69) is 65.4 Å². The molecule has 0 amide bonds. The summed E-state index contributed by atoms with van der Waals surface area (Å²) in [6.07, 6.45) is 24.0. The molecule has 8 bridgehead atoms. The number of aromatic nitrogens is 4. The van der Waals surface area contributed by atoms with Crippen LogP contribution < -0.4 is 18.9 Å². The molecule has 16 heteroatoms. The molecule has 2 N–H and O–H groups in total. The van der Waals surface area contributed by atoms with Gasteiger partial charge in [0.25, 0.3) is 0 Å². The minimum Gasteiger partial charge on any atom is -0.493 e. The van der Waals surface area contributed by atoms with E-state index in [4.69, 9.17) is 47.9 Å². The first kappa shape index (κ1) is 74.8. The fourth-order valence-electron chi connectivity index (χ4n) is 13.1. The standard InChI is InChI=1S/C84H102N4O12/c1-13-21-25-53(17-5)49-97-65-41-57(37-61(45-65)81(89)93-9)77-69-29-31-71(85-69)78(58-38-62(82(90)94-10)46-66(42-58)98-50-54(18-6)26-22-14-2)73-33-35-75(87-73)80(60-40-64(84(92)96-12)48-68(44-60)100-52-56(20-8)28-24-16-4)76-36-34-74(88-76)79(72-32-30-70(77)86-72)59-39-63(83(91)95-11)47-67(43-59)99-51-55(19-7)27-23-15-3/h29-48,53-56,85,88H,13-28,49-52H2,1-12H3. The molecule has 2 aliphatic heterocycles. The van der Waals surface area contributed by atoms with Crippen molar-refractivity contribution >= 4 is 70.2 Å². The summed E-state index contributed by atoms with van der Waals surface area (Å²) >= 11 is 0. The lowest BCUT2D eigenvalue weighted by Crippen LogP contribution is -2.12. The molecule has 0 spiro atoms. The monoisotopic (exact) mass is 1360 g/mol. The second-order valence-corrected chi connectivity index (χ2v) is 26.4. The number of rotatable bonds is 36. The summed E-state index contributed by atoms with van der Waals surface area (Å²) in [5, 5.41) is 0. The largest absolute Gasteiger partial charge is 0.493 e. The predicted octanol–water partition coefficient (Wildman–Crippen LogP) is 20.9. The Bertz CT molecular complexity index is 3710. The van der Waals surface area contributed by atoms with E-state index in [9.17, 15) is 19.2 Å².